The Morgan fingerprint density at radius 2 is 2.23 bits per heavy atom. The van der Waals surface area contributed by atoms with Crippen molar-refractivity contribution in [3.63, 3.8) is 0 Å². The van der Waals surface area contributed by atoms with Crippen LogP contribution in [0.25, 0.3) is 0 Å². The van der Waals surface area contributed by atoms with Gasteiger partial charge in [-0.1, -0.05) is 18.6 Å². The molecule has 1 aliphatic heterocycles. The molecule has 3 rings (SSSR count). The molecule has 2 aliphatic rings. The van der Waals surface area contributed by atoms with Crippen molar-refractivity contribution in [2.45, 2.75) is 51.1 Å². The summed E-state index contributed by atoms with van der Waals surface area (Å²) >= 11 is 0. The maximum absolute atomic E-state index is 12.4. The van der Waals surface area contributed by atoms with Crippen molar-refractivity contribution in [2.75, 3.05) is 5.32 Å². The van der Waals surface area contributed by atoms with Crippen LogP contribution in [0.5, 0.6) is 0 Å². The molecule has 3 atom stereocenters. The summed E-state index contributed by atoms with van der Waals surface area (Å²) in [7, 11) is 0. The maximum atomic E-state index is 12.4. The lowest BCUT2D eigenvalue weighted by molar-refractivity contribution is -0.126. The molecule has 1 aromatic carbocycles. The van der Waals surface area contributed by atoms with E-state index in [1.807, 2.05) is 25.1 Å². The number of rotatable bonds is 3. The molecule has 5 heteroatoms. The number of carbonyl (C=O) groups excluding carboxylic acids is 2. The highest BCUT2D eigenvalue weighted by atomic mass is 16.2. The summed E-state index contributed by atoms with van der Waals surface area (Å²) in [6.45, 7) is 1.98. The number of benzene rings is 1. The first-order valence-electron chi connectivity index (χ1n) is 8.01. The third-order valence-corrected chi connectivity index (χ3v) is 4.70. The second-order valence-corrected chi connectivity index (χ2v) is 6.50. The molecule has 1 aromatic rings. The molecule has 22 heavy (non-hydrogen) atoms. The topological polar surface area (TPSA) is 84.2 Å². The maximum Gasteiger partial charge on any atom is 0.228 e. The Hall–Kier alpha value is -1.88. The highest BCUT2D eigenvalue weighted by molar-refractivity contribution is 5.99. The quantitative estimate of drug-likeness (QED) is 0.797. The van der Waals surface area contributed by atoms with E-state index in [1.54, 1.807) is 0 Å². The molecular weight excluding hydrogens is 278 g/mol. The lowest BCUT2D eigenvalue weighted by atomic mass is 9.85. The highest BCUT2D eigenvalue weighted by Gasteiger charge is 2.26. The van der Waals surface area contributed by atoms with Crippen LogP contribution in [0.2, 0.25) is 0 Å². The summed E-state index contributed by atoms with van der Waals surface area (Å²) in [5.74, 6) is 0.154. The second-order valence-electron chi connectivity index (χ2n) is 6.50. The predicted octanol–water partition coefficient (Wildman–Crippen LogP) is 1.88. The van der Waals surface area contributed by atoms with Crippen LogP contribution < -0.4 is 16.4 Å². The average molecular weight is 301 g/mol. The van der Waals surface area contributed by atoms with E-state index >= 15 is 0 Å². The molecule has 0 saturated heterocycles. The van der Waals surface area contributed by atoms with Gasteiger partial charge in [-0.15, -0.1) is 0 Å². The van der Waals surface area contributed by atoms with E-state index in [1.165, 1.54) is 0 Å². The Kier molecular flexibility index (Phi) is 4.16. The lowest BCUT2D eigenvalue weighted by Gasteiger charge is -2.27. The lowest BCUT2D eigenvalue weighted by Crippen LogP contribution is -2.38. The first kappa shape index (κ1) is 15.0. The zero-order valence-electron chi connectivity index (χ0n) is 12.9. The van der Waals surface area contributed by atoms with Crippen molar-refractivity contribution in [3.8, 4) is 0 Å². The zero-order valence-corrected chi connectivity index (χ0v) is 12.9. The van der Waals surface area contributed by atoms with Crippen molar-refractivity contribution in [1.82, 2.24) is 5.32 Å². The molecule has 0 bridgehead atoms. The van der Waals surface area contributed by atoms with Gasteiger partial charge in [0, 0.05) is 17.6 Å². The van der Waals surface area contributed by atoms with Crippen LogP contribution >= 0.6 is 0 Å². The monoisotopic (exact) mass is 301 g/mol. The van der Waals surface area contributed by atoms with E-state index in [9.17, 15) is 9.59 Å². The van der Waals surface area contributed by atoms with Gasteiger partial charge in [0.25, 0.3) is 0 Å². The van der Waals surface area contributed by atoms with Gasteiger partial charge < -0.3 is 16.4 Å². The van der Waals surface area contributed by atoms with Crippen LogP contribution in [-0.2, 0) is 16.0 Å². The molecule has 1 saturated carbocycles. The van der Waals surface area contributed by atoms with Gasteiger partial charge in [0.2, 0.25) is 11.8 Å². The third kappa shape index (κ3) is 3.14. The van der Waals surface area contributed by atoms with E-state index in [2.05, 4.69) is 10.6 Å². The van der Waals surface area contributed by atoms with Gasteiger partial charge in [0.1, 0.15) is 0 Å². The molecular formula is C17H23N3O2. The van der Waals surface area contributed by atoms with Gasteiger partial charge in [-0.25, -0.2) is 0 Å². The summed E-state index contributed by atoms with van der Waals surface area (Å²) in [5, 5.41) is 5.91. The Balaban J connectivity index is 1.64. The molecule has 1 heterocycles. The van der Waals surface area contributed by atoms with E-state index in [0.717, 1.165) is 42.5 Å². The number of fused-ring (bicyclic) bond motifs is 1. The molecule has 2 amide bonds. The van der Waals surface area contributed by atoms with Gasteiger partial charge in [-0.3, -0.25) is 9.59 Å². The Morgan fingerprint density at radius 3 is 3.00 bits per heavy atom. The van der Waals surface area contributed by atoms with Gasteiger partial charge >= 0.3 is 0 Å². The number of amides is 2. The van der Waals surface area contributed by atoms with Crippen molar-refractivity contribution in [3.05, 3.63) is 29.3 Å². The van der Waals surface area contributed by atoms with Crippen LogP contribution in [0.1, 0.15) is 49.8 Å². The largest absolute Gasteiger partial charge is 0.349 e. The standard InChI is InChI=1S/C17H23N3O2/c1-10(19-17(22)12-3-2-4-14(18)8-12)11-5-6-15-13(7-11)9-16(21)20-15/h5-7,10,12,14H,2-4,8-9,18H2,1H3,(H,19,22)(H,20,21). The minimum atomic E-state index is -0.0633. The Morgan fingerprint density at radius 1 is 1.41 bits per heavy atom. The normalized spacial score (nSPS) is 25.3. The molecule has 4 N–H and O–H groups in total. The van der Waals surface area contributed by atoms with Crippen molar-refractivity contribution < 1.29 is 9.59 Å². The molecule has 118 valence electrons. The molecule has 0 radical (unpaired) electrons. The fourth-order valence-electron chi connectivity index (χ4n) is 3.40. The first-order chi connectivity index (χ1) is 10.5. The van der Waals surface area contributed by atoms with E-state index in [0.29, 0.717) is 6.42 Å². The van der Waals surface area contributed by atoms with Crippen LogP contribution in [0, 0.1) is 5.92 Å². The Bertz CT molecular complexity index is 600. The number of anilines is 1. The van der Waals surface area contributed by atoms with Crippen LogP contribution in [0.4, 0.5) is 5.69 Å². The number of nitrogens with two attached hydrogens (primary N) is 1. The molecule has 0 aromatic heterocycles. The van der Waals surface area contributed by atoms with Crippen LogP contribution in [0.15, 0.2) is 18.2 Å². The average Bonchev–Trinajstić information content (AvgIpc) is 2.86. The molecule has 1 aliphatic carbocycles. The van der Waals surface area contributed by atoms with E-state index in [4.69, 9.17) is 5.73 Å². The minimum Gasteiger partial charge on any atom is -0.349 e. The summed E-state index contributed by atoms with van der Waals surface area (Å²) in [5.41, 5.74) is 8.87. The van der Waals surface area contributed by atoms with E-state index in [-0.39, 0.29) is 29.8 Å². The van der Waals surface area contributed by atoms with Gasteiger partial charge in [0.15, 0.2) is 0 Å². The number of nitrogens with one attached hydrogen (secondary N) is 2. The van der Waals surface area contributed by atoms with Gasteiger partial charge in [0.05, 0.1) is 12.5 Å². The predicted molar refractivity (Wildman–Crippen MR) is 85.3 cm³/mol. The van der Waals surface area contributed by atoms with Crippen molar-refractivity contribution >= 4 is 17.5 Å². The fourth-order valence-corrected chi connectivity index (χ4v) is 3.40. The summed E-state index contributed by atoms with van der Waals surface area (Å²) in [6, 6.07) is 5.96. The molecule has 3 unspecified atom stereocenters. The minimum absolute atomic E-state index is 0.0278. The van der Waals surface area contributed by atoms with Gasteiger partial charge in [-0.05, 0) is 43.4 Å². The number of hydrogen-bond acceptors (Lipinski definition) is 3. The SMILES string of the molecule is CC(NC(=O)C1CCCC(N)C1)c1ccc2c(c1)CC(=O)N2. The molecule has 1 fully saturated rings. The van der Waals surface area contributed by atoms with Crippen LogP contribution in [-0.4, -0.2) is 17.9 Å². The Labute approximate surface area is 130 Å². The van der Waals surface area contributed by atoms with E-state index < -0.39 is 0 Å². The fraction of sp³-hybridized carbons (Fsp3) is 0.529. The number of hydrogen-bond donors (Lipinski definition) is 3. The summed E-state index contributed by atoms with van der Waals surface area (Å²) in [6.07, 6.45) is 4.17. The summed E-state index contributed by atoms with van der Waals surface area (Å²) in [4.78, 5) is 23.8. The smallest absolute Gasteiger partial charge is 0.228 e. The zero-order chi connectivity index (χ0) is 15.7. The third-order valence-electron chi connectivity index (χ3n) is 4.70. The molecule has 5 nitrogen and oxygen atoms in total. The van der Waals surface area contributed by atoms with Crippen LogP contribution in [0.3, 0.4) is 0 Å². The van der Waals surface area contributed by atoms with Crippen molar-refractivity contribution in [1.29, 1.82) is 0 Å². The first-order valence-corrected chi connectivity index (χ1v) is 8.01. The molecule has 0 spiro atoms. The number of carbonyl (C=O) groups is 2. The summed E-state index contributed by atoms with van der Waals surface area (Å²) < 4.78 is 0. The van der Waals surface area contributed by atoms with Gasteiger partial charge in [-0.2, -0.15) is 0 Å². The van der Waals surface area contributed by atoms with Crippen molar-refractivity contribution in [2.24, 2.45) is 11.7 Å². The highest BCUT2D eigenvalue weighted by Crippen LogP contribution is 2.28. The second kappa shape index (κ2) is 6.08.